The van der Waals surface area contributed by atoms with Crippen molar-refractivity contribution in [2.75, 3.05) is 18.6 Å². The molecule has 3 rings (SSSR count). The molecule has 0 radical (unpaired) electrons. The van der Waals surface area contributed by atoms with Crippen LogP contribution in [0.15, 0.2) is 58.9 Å². The highest BCUT2D eigenvalue weighted by atomic mass is 35.5. The minimum atomic E-state index is -3.52. The van der Waals surface area contributed by atoms with Crippen molar-refractivity contribution in [2.45, 2.75) is 13.0 Å². The Kier molecular flexibility index (Phi) is 6.52. The van der Waals surface area contributed by atoms with Crippen LogP contribution in [0, 0.1) is 5.82 Å². The minimum Gasteiger partial charge on any atom is -0.466 e. The fourth-order valence-electron chi connectivity index (χ4n) is 2.96. The highest BCUT2D eigenvalue weighted by molar-refractivity contribution is 7.91. The number of hydrogen-bond donors (Lipinski definition) is 1. The molecule has 1 aromatic heterocycles. The number of benzene rings is 1. The van der Waals surface area contributed by atoms with E-state index >= 15 is 0 Å². The van der Waals surface area contributed by atoms with E-state index in [0.717, 1.165) is 6.07 Å². The van der Waals surface area contributed by atoms with Gasteiger partial charge in [0.05, 0.1) is 18.4 Å². The number of ether oxygens (including phenoxy) is 1. The van der Waals surface area contributed by atoms with Crippen LogP contribution >= 0.6 is 11.6 Å². The molecule has 158 valence electrons. The van der Waals surface area contributed by atoms with Crippen molar-refractivity contribution in [3.05, 3.63) is 76.0 Å². The highest BCUT2D eigenvalue weighted by Gasteiger charge is 2.34. The zero-order chi connectivity index (χ0) is 21.9. The Balaban J connectivity index is 2.24. The first kappa shape index (κ1) is 21.9. The number of hydrogen-bond acceptors (Lipinski definition) is 7. The molecule has 0 aliphatic carbocycles. The fraction of sp³-hybridized carbons (Fsp3) is 0.250. The molecule has 1 aliphatic heterocycles. The molecule has 0 fully saturated rings. The third-order valence-corrected chi connectivity index (χ3v) is 6.44. The van der Waals surface area contributed by atoms with Crippen LogP contribution in [0.5, 0.6) is 0 Å². The minimum absolute atomic E-state index is 0.0114. The van der Waals surface area contributed by atoms with Gasteiger partial charge in [0, 0.05) is 28.2 Å². The zero-order valence-corrected chi connectivity index (χ0v) is 17.8. The van der Waals surface area contributed by atoms with Crippen LogP contribution in [-0.2, 0) is 19.4 Å². The van der Waals surface area contributed by atoms with Crippen molar-refractivity contribution in [3.63, 3.8) is 0 Å². The standard InChI is InChI=1S/C20H19ClFN3O4S/c1-3-30(27,28)11-16-17(20(26)29-2)18(13-8-7-12(22)10-14(13)21)25-19(24-16)15-6-4-5-9-23-15/h4-10,18H,3,11H2,1-2H3,(H,24,25). The Hall–Kier alpha value is -2.78. The van der Waals surface area contributed by atoms with E-state index in [2.05, 4.69) is 15.3 Å². The second-order valence-electron chi connectivity index (χ2n) is 6.45. The van der Waals surface area contributed by atoms with Gasteiger partial charge in [-0.1, -0.05) is 30.7 Å². The zero-order valence-electron chi connectivity index (χ0n) is 16.2. The number of pyridine rings is 1. The Bertz CT molecular complexity index is 1130. The van der Waals surface area contributed by atoms with Crippen LogP contribution in [0.2, 0.25) is 5.02 Å². The van der Waals surface area contributed by atoms with E-state index in [1.807, 2.05) is 0 Å². The number of aromatic nitrogens is 1. The summed E-state index contributed by atoms with van der Waals surface area (Å²) in [6.07, 6.45) is 1.56. The number of esters is 1. The number of methoxy groups -OCH3 is 1. The van der Waals surface area contributed by atoms with E-state index in [-0.39, 0.29) is 27.9 Å². The maximum absolute atomic E-state index is 13.6. The van der Waals surface area contributed by atoms with Crippen LogP contribution in [0.4, 0.5) is 4.39 Å². The number of carbonyl (C=O) groups is 1. The summed E-state index contributed by atoms with van der Waals surface area (Å²) in [4.78, 5) is 21.4. The SMILES string of the molecule is CCS(=O)(=O)CC1=C(C(=O)OC)C(c2ccc(F)cc2Cl)N=C(c2ccccn2)N1. The van der Waals surface area contributed by atoms with Crippen LogP contribution in [-0.4, -0.2) is 43.8 Å². The van der Waals surface area contributed by atoms with Crippen molar-refractivity contribution in [2.24, 2.45) is 4.99 Å². The van der Waals surface area contributed by atoms with Crippen LogP contribution in [0.25, 0.3) is 0 Å². The van der Waals surface area contributed by atoms with E-state index in [4.69, 9.17) is 16.3 Å². The van der Waals surface area contributed by atoms with Gasteiger partial charge in [-0.15, -0.1) is 0 Å². The number of aliphatic imine (C=N–C) groups is 1. The summed E-state index contributed by atoms with van der Waals surface area (Å²) in [5.41, 5.74) is 0.878. The lowest BCUT2D eigenvalue weighted by Gasteiger charge is -2.27. The monoisotopic (exact) mass is 451 g/mol. The van der Waals surface area contributed by atoms with E-state index in [1.54, 1.807) is 24.4 Å². The van der Waals surface area contributed by atoms with Gasteiger partial charge >= 0.3 is 5.97 Å². The van der Waals surface area contributed by atoms with E-state index in [9.17, 15) is 17.6 Å². The summed E-state index contributed by atoms with van der Waals surface area (Å²) >= 11 is 6.24. The number of carbonyl (C=O) groups excluding carboxylic acids is 1. The third kappa shape index (κ3) is 4.68. The van der Waals surface area contributed by atoms with Gasteiger partial charge in [-0.05, 0) is 24.3 Å². The molecule has 7 nitrogen and oxygen atoms in total. The lowest BCUT2D eigenvalue weighted by Crippen LogP contribution is -2.37. The van der Waals surface area contributed by atoms with Crippen molar-refractivity contribution in [1.82, 2.24) is 10.3 Å². The summed E-state index contributed by atoms with van der Waals surface area (Å²) in [7, 11) is -2.34. The van der Waals surface area contributed by atoms with Gasteiger partial charge in [0.1, 0.15) is 17.6 Å². The molecule has 1 N–H and O–H groups in total. The first-order valence-electron chi connectivity index (χ1n) is 8.98. The van der Waals surface area contributed by atoms with Gasteiger partial charge in [-0.2, -0.15) is 0 Å². The van der Waals surface area contributed by atoms with Gasteiger partial charge in [-0.3, -0.25) is 9.98 Å². The maximum atomic E-state index is 13.6. The molecule has 1 aliphatic rings. The molecule has 1 unspecified atom stereocenters. The number of nitrogens with zero attached hydrogens (tertiary/aromatic N) is 2. The summed E-state index contributed by atoms with van der Waals surface area (Å²) in [5, 5.41) is 2.97. The van der Waals surface area contributed by atoms with Gasteiger partial charge in [-0.25, -0.2) is 17.6 Å². The van der Waals surface area contributed by atoms with Crippen LogP contribution in [0.1, 0.15) is 24.2 Å². The predicted molar refractivity (Wildman–Crippen MR) is 111 cm³/mol. The third-order valence-electron chi connectivity index (χ3n) is 4.50. The molecule has 30 heavy (non-hydrogen) atoms. The van der Waals surface area contributed by atoms with Crippen LogP contribution < -0.4 is 5.32 Å². The number of amidine groups is 1. The second-order valence-corrected chi connectivity index (χ2v) is 9.21. The molecule has 2 heterocycles. The normalized spacial score (nSPS) is 16.7. The van der Waals surface area contributed by atoms with Crippen molar-refractivity contribution in [3.8, 4) is 0 Å². The molecule has 0 amide bonds. The smallest absolute Gasteiger partial charge is 0.338 e. The van der Waals surface area contributed by atoms with Crippen LogP contribution in [0.3, 0.4) is 0 Å². The number of rotatable bonds is 6. The number of halogens is 2. The first-order chi connectivity index (χ1) is 14.3. The first-order valence-corrected chi connectivity index (χ1v) is 11.2. The van der Waals surface area contributed by atoms with Crippen molar-refractivity contribution < 1.29 is 22.3 Å². The van der Waals surface area contributed by atoms with Gasteiger partial charge in [0.2, 0.25) is 0 Å². The fourth-order valence-corrected chi connectivity index (χ4v) is 4.11. The van der Waals surface area contributed by atoms with E-state index in [0.29, 0.717) is 11.3 Å². The molecule has 0 bridgehead atoms. The Morgan fingerprint density at radius 3 is 2.67 bits per heavy atom. The summed E-state index contributed by atoms with van der Waals surface area (Å²) in [6, 6.07) is 7.84. The predicted octanol–water partition coefficient (Wildman–Crippen LogP) is 2.83. The van der Waals surface area contributed by atoms with Gasteiger partial charge in [0.25, 0.3) is 0 Å². The summed E-state index contributed by atoms with van der Waals surface area (Å²) < 4.78 is 43.2. The molecular weight excluding hydrogens is 433 g/mol. The number of nitrogens with one attached hydrogen (secondary N) is 1. The second kappa shape index (κ2) is 8.93. The summed E-state index contributed by atoms with van der Waals surface area (Å²) in [6.45, 7) is 1.51. The van der Waals surface area contributed by atoms with E-state index < -0.39 is 33.4 Å². The Morgan fingerprint density at radius 2 is 2.07 bits per heavy atom. The summed E-state index contributed by atoms with van der Waals surface area (Å²) in [5.74, 6) is -1.61. The highest BCUT2D eigenvalue weighted by Crippen LogP contribution is 2.36. The lowest BCUT2D eigenvalue weighted by atomic mass is 9.95. The largest absolute Gasteiger partial charge is 0.466 e. The molecule has 0 saturated carbocycles. The van der Waals surface area contributed by atoms with Gasteiger partial charge in [0.15, 0.2) is 15.7 Å². The molecule has 10 heteroatoms. The maximum Gasteiger partial charge on any atom is 0.338 e. The topological polar surface area (TPSA) is 97.7 Å². The molecular formula is C20H19ClFN3O4S. The van der Waals surface area contributed by atoms with E-state index in [1.165, 1.54) is 26.2 Å². The molecule has 1 aromatic carbocycles. The molecule has 0 spiro atoms. The Morgan fingerprint density at radius 1 is 1.30 bits per heavy atom. The van der Waals surface area contributed by atoms with Crippen molar-refractivity contribution >= 4 is 33.2 Å². The average molecular weight is 452 g/mol. The molecule has 0 saturated heterocycles. The lowest BCUT2D eigenvalue weighted by molar-refractivity contribution is -0.136. The molecule has 1 atom stereocenters. The Labute approximate surface area is 178 Å². The van der Waals surface area contributed by atoms with Crippen molar-refractivity contribution in [1.29, 1.82) is 0 Å². The number of sulfone groups is 1. The quantitative estimate of drug-likeness (QED) is 0.678. The van der Waals surface area contributed by atoms with Gasteiger partial charge < -0.3 is 10.1 Å². The average Bonchev–Trinajstić information content (AvgIpc) is 2.73. The molecule has 2 aromatic rings.